The zero-order chi connectivity index (χ0) is 18.4. The summed E-state index contributed by atoms with van der Waals surface area (Å²) in [5.41, 5.74) is 6.74. The summed E-state index contributed by atoms with van der Waals surface area (Å²) >= 11 is 0. The summed E-state index contributed by atoms with van der Waals surface area (Å²) in [6.45, 7) is 0.382. The first-order valence-electron chi connectivity index (χ1n) is 7.90. The maximum absolute atomic E-state index is 12.5. The topological polar surface area (TPSA) is 87.9 Å². The maximum Gasteiger partial charge on any atom is 0.253 e. The van der Waals surface area contributed by atoms with Crippen molar-refractivity contribution in [1.29, 1.82) is 0 Å². The highest BCUT2D eigenvalue weighted by Crippen LogP contribution is 2.20. The third kappa shape index (κ3) is 5.18. The number of alkyl halides is 2. The van der Waals surface area contributed by atoms with E-state index in [0.717, 1.165) is 0 Å². The number of ether oxygens (including phenoxy) is 1. The number of hydrogen-bond donors (Lipinski definition) is 2. The molecule has 9 heteroatoms. The number of hydrogen-bond acceptors (Lipinski definition) is 5. The second-order valence-electron chi connectivity index (χ2n) is 5.72. The molecular weight excluding hydrogens is 334 g/mol. The second-order valence-corrected chi connectivity index (χ2v) is 5.72. The molecule has 7 nitrogen and oxygen atoms in total. The number of morpholine rings is 1. The van der Waals surface area contributed by atoms with Crippen molar-refractivity contribution in [3.63, 3.8) is 0 Å². The van der Waals surface area contributed by atoms with Gasteiger partial charge in [0.15, 0.2) is 0 Å². The Morgan fingerprint density at radius 2 is 2.08 bits per heavy atom. The lowest BCUT2D eigenvalue weighted by molar-refractivity contribution is -0.125. The number of anilines is 2. The summed E-state index contributed by atoms with van der Waals surface area (Å²) in [4.78, 5) is 26.9. The van der Waals surface area contributed by atoms with Gasteiger partial charge in [0.2, 0.25) is 5.91 Å². The molecule has 1 heterocycles. The third-order valence-electron chi connectivity index (χ3n) is 3.92. The Morgan fingerprint density at radius 3 is 2.64 bits per heavy atom. The molecule has 1 saturated heterocycles. The van der Waals surface area contributed by atoms with Crippen molar-refractivity contribution in [2.24, 2.45) is 5.73 Å². The van der Waals surface area contributed by atoms with Crippen LogP contribution in [0.3, 0.4) is 0 Å². The second kappa shape index (κ2) is 8.84. The minimum Gasteiger partial charge on any atom is -0.370 e. The van der Waals surface area contributed by atoms with Crippen LogP contribution in [-0.2, 0) is 14.3 Å². The molecule has 1 fully saturated rings. The highest BCUT2D eigenvalue weighted by molar-refractivity contribution is 5.97. The van der Waals surface area contributed by atoms with Gasteiger partial charge in [0.1, 0.15) is 12.6 Å². The molecule has 2 rings (SSSR count). The van der Waals surface area contributed by atoms with Crippen LogP contribution in [0.25, 0.3) is 0 Å². The van der Waals surface area contributed by atoms with Crippen molar-refractivity contribution < 1.29 is 23.1 Å². The molecule has 0 aliphatic carbocycles. The van der Waals surface area contributed by atoms with Crippen molar-refractivity contribution in [2.45, 2.75) is 12.5 Å². The Balaban J connectivity index is 1.99. The van der Waals surface area contributed by atoms with Crippen LogP contribution in [0, 0.1) is 0 Å². The van der Waals surface area contributed by atoms with Gasteiger partial charge in [-0.3, -0.25) is 14.5 Å². The number of likely N-dealkylation sites (N-methyl/N-ethyl adjacent to an activating group) is 1. The molecule has 1 aliphatic rings. The average molecular weight is 356 g/mol. The van der Waals surface area contributed by atoms with E-state index in [1.165, 1.54) is 11.9 Å². The van der Waals surface area contributed by atoms with Crippen LogP contribution in [-0.4, -0.2) is 69.1 Å². The van der Waals surface area contributed by atoms with Gasteiger partial charge in [0.25, 0.3) is 12.3 Å². The summed E-state index contributed by atoms with van der Waals surface area (Å²) in [6, 6.07) is 5.86. The standard InChI is InChI=1S/C16H22F2N4O3/c1-21(9-14(17)18)13(8-19)16(24)20-11-2-4-12(5-3-11)22-6-7-25-10-15(22)23/h2-5,13-14H,6-10,19H2,1H3,(H,20,24)/t13-/m1/s1. The molecule has 0 saturated carbocycles. The number of nitrogens with two attached hydrogens (primary N) is 1. The molecule has 0 aromatic heterocycles. The Bertz CT molecular complexity index is 598. The quantitative estimate of drug-likeness (QED) is 0.743. The van der Waals surface area contributed by atoms with Gasteiger partial charge < -0.3 is 20.7 Å². The predicted molar refractivity (Wildman–Crippen MR) is 89.7 cm³/mol. The Morgan fingerprint density at radius 1 is 1.40 bits per heavy atom. The molecule has 1 aliphatic heterocycles. The van der Waals surface area contributed by atoms with E-state index >= 15 is 0 Å². The van der Waals surface area contributed by atoms with Crippen LogP contribution in [0.15, 0.2) is 24.3 Å². The minimum absolute atomic E-state index is 0.0487. The molecule has 138 valence electrons. The summed E-state index contributed by atoms with van der Waals surface area (Å²) in [5.74, 6) is -0.583. The molecule has 0 radical (unpaired) electrons. The van der Waals surface area contributed by atoms with Crippen LogP contribution >= 0.6 is 0 Å². The minimum atomic E-state index is -2.54. The van der Waals surface area contributed by atoms with E-state index < -0.39 is 24.9 Å². The summed E-state index contributed by atoms with van der Waals surface area (Å²) in [6.07, 6.45) is -2.54. The molecule has 1 aromatic carbocycles. The highest BCUT2D eigenvalue weighted by atomic mass is 19.3. The third-order valence-corrected chi connectivity index (χ3v) is 3.92. The molecule has 1 atom stereocenters. The van der Waals surface area contributed by atoms with Gasteiger partial charge in [0, 0.05) is 24.5 Å². The van der Waals surface area contributed by atoms with Gasteiger partial charge in [-0.1, -0.05) is 0 Å². The average Bonchev–Trinajstić information content (AvgIpc) is 2.56. The predicted octanol–water partition coefficient (Wildman–Crippen LogP) is 0.513. The van der Waals surface area contributed by atoms with E-state index in [9.17, 15) is 18.4 Å². The van der Waals surface area contributed by atoms with Crippen molar-refractivity contribution in [3.8, 4) is 0 Å². The maximum atomic E-state index is 12.5. The number of rotatable bonds is 7. The normalized spacial score (nSPS) is 16.4. The van der Waals surface area contributed by atoms with Crippen LogP contribution < -0.4 is 16.0 Å². The van der Waals surface area contributed by atoms with E-state index in [1.54, 1.807) is 29.2 Å². The first-order valence-corrected chi connectivity index (χ1v) is 7.90. The molecule has 2 amide bonds. The fourth-order valence-corrected chi connectivity index (χ4v) is 2.57. The number of amides is 2. The monoisotopic (exact) mass is 356 g/mol. The molecule has 0 bridgehead atoms. The van der Waals surface area contributed by atoms with Gasteiger partial charge in [-0.2, -0.15) is 0 Å². The van der Waals surface area contributed by atoms with Gasteiger partial charge >= 0.3 is 0 Å². The SMILES string of the molecule is CN(CC(F)F)[C@H](CN)C(=O)Nc1ccc(N2CCOCC2=O)cc1. The molecule has 25 heavy (non-hydrogen) atoms. The fraction of sp³-hybridized carbons (Fsp3) is 0.500. The largest absolute Gasteiger partial charge is 0.370 e. The molecule has 0 unspecified atom stereocenters. The summed E-state index contributed by atoms with van der Waals surface area (Å²) in [5, 5.41) is 2.65. The number of carbonyl (C=O) groups is 2. The van der Waals surface area contributed by atoms with E-state index in [0.29, 0.717) is 24.5 Å². The van der Waals surface area contributed by atoms with Gasteiger partial charge in [0.05, 0.1) is 13.2 Å². The first kappa shape index (κ1) is 19.2. The summed E-state index contributed by atoms with van der Waals surface area (Å²) in [7, 11) is 1.43. The van der Waals surface area contributed by atoms with Crippen LogP contribution in [0.1, 0.15) is 0 Å². The Kier molecular flexibility index (Phi) is 6.80. The van der Waals surface area contributed by atoms with Crippen LogP contribution in [0.2, 0.25) is 0 Å². The Hall–Kier alpha value is -2.10. The van der Waals surface area contributed by atoms with Crippen molar-refractivity contribution in [2.75, 3.05) is 50.1 Å². The van der Waals surface area contributed by atoms with Gasteiger partial charge in [-0.15, -0.1) is 0 Å². The molecular formula is C16H22F2N4O3. The molecule has 1 aromatic rings. The van der Waals surface area contributed by atoms with E-state index in [4.69, 9.17) is 10.5 Å². The number of benzene rings is 1. The van der Waals surface area contributed by atoms with Crippen molar-refractivity contribution >= 4 is 23.2 Å². The number of nitrogens with one attached hydrogen (secondary N) is 1. The first-order chi connectivity index (χ1) is 11.9. The summed E-state index contributed by atoms with van der Waals surface area (Å²) < 4.78 is 30.0. The molecule has 3 N–H and O–H groups in total. The lowest BCUT2D eigenvalue weighted by Crippen LogP contribution is -2.48. The van der Waals surface area contributed by atoms with Crippen LogP contribution in [0.4, 0.5) is 20.2 Å². The number of carbonyl (C=O) groups excluding carboxylic acids is 2. The number of halogens is 2. The Labute approximate surface area is 144 Å². The van der Waals surface area contributed by atoms with E-state index in [1.807, 2.05) is 0 Å². The highest BCUT2D eigenvalue weighted by Gasteiger charge is 2.24. The van der Waals surface area contributed by atoms with E-state index in [2.05, 4.69) is 5.32 Å². The smallest absolute Gasteiger partial charge is 0.253 e. The van der Waals surface area contributed by atoms with Crippen molar-refractivity contribution in [3.05, 3.63) is 24.3 Å². The zero-order valence-electron chi connectivity index (χ0n) is 14.0. The zero-order valence-corrected chi connectivity index (χ0v) is 14.0. The molecule has 0 spiro atoms. The fourth-order valence-electron chi connectivity index (χ4n) is 2.57. The lowest BCUT2D eigenvalue weighted by atomic mass is 10.2. The van der Waals surface area contributed by atoms with Gasteiger partial charge in [-0.25, -0.2) is 8.78 Å². The lowest BCUT2D eigenvalue weighted by Gasteiger charge is -2.27. The van der Waals surface area contributed by atoms with Crippen LogP contribution in [0.5, 0.6) is 0 Å². The number of nitrogens with zero attached hydrogens (tertiary/aromatic N) is 2. The van der Waals surface area contributed by atoms with E-state index in [-0.39, 0.29) is 19.1 Å². The van der Waals surface area contributed by atoms with Gasteiger partial charge in [-0.05, 0) is 31.3 Å². The van der Waals surface area contributed by atoms with Crippen molar-refractivity contribution in [1.82, 2.24) is 4.90 Å².